The van der Waals surface area contributed by atoms with Crippen molar-refractivity contribution in [2.75, 3.05) is 18.9 Å². The number of aryl methyl sites for hydroxylation is 1. The van der Waals surface area contributed by atoms with Gasteiger partial charge in [-0.1, -0.05) is 36.4 Å². The highest BCUT2D eigenvalue weighted by molar-refractivity contribution is 5.76. The van der Waals surface area contributed by atoms with Crippen LogP contribution in [0.2, 0.25) is 0 Å². The van der Waals surface area contributed by atoms with Crippen LogP contribution in [-0.4, -0.2) is 19.1 Å². The zero-order chi connectivity index (χ0) is 15.6. The zero-order valence-corrected chi connectivity index (χ0v) is 12.6. The molecule has 116 valence electrons. The van der Waals surface area contributed by atoms with Gasteiger partial charge in [-0.3, -0.25) is 4.79 Å². The molecule has 4 nitrogen and oxygen atoms in total. The van der Waals surface area contributed by atoms with Crippen LogP contribution < -0.4 is 15.8 Å². The lowest BCUT2D eigenvalue weighted by Gasteiger charge is -2.08. The van der Waals surface area contributed by atoms with Gasteiger partial charge in [0.2, 0.25) is 5.91 Å². The van der Waals surface area contributed by atoms with Crippen molar-refractivity contribution in [3.63, 3.8) is 0 Å². The second kappa shape index (κ2) is 8.72. The van der Waals surface area contributed by atoms with Crippen molar-refractivity contribution in [2.24, 2.45) is 0 Å². The van der Waals surface area contributed by atoms with Crippen LogP contribution >= 0.6 is 0 Å². The average molecular weight is 298 g/mol. The smallest absolute Gasteiger partial charge is 0.220 e. The highest BCUT2D eigenvalue weighted by Gasteiger charge is 2.03. The maximum atomic E-state index is 11.8. The molecule has 0 aliphatic rings. The van der Waals surface area contributed by atoms with Crippen LogP contribution in [0.1, 0.15) is 18.4 Å². The number of para-hydroxylation sites is 2. The largest absolute Gasteiger partial charge is 0.494 e. The highest BCUT2D eigenvalue weighted by atomic mass is 16.5. The topological polar surface area (TPSA) is 64.4 Å². The summed E-state index contributed by atoms with van der Waals surface area (Å²) in [5, 5.41) is 2.90. The number of benzene rings is 2. The van der Waals surface area contributed by atoms with Crippen molar-refractivity contribution >= 4 is 11.6 Å². The standard InChI is InChI=1S/C18H22N2O2/c19-17-10-5-4-7-15(17)11-12-18(21)20-13-6-14-22-16-8-2-1-3-9-16/h1-5,7-10H,6,11-14,19H2,(H,20,21). The van der Waals surface area contributed by atoms with Crippen LogP contribution in [0.25, 0.3) is 0 Å². The van der Waals surface area contributed by atoms with Crippen molar-refractivity contribution in [3.8, 4) is 5.75 Å². The molecular weight excluding hydrogens is 276 g/mol. The third-order valence-corrected chi connectivity index (χ3v) is 3.33. The van der Waals surface area contributed by atoms with Crippen LogP contribution in [0.4, 0.5) is 5.69 Å². The van der Waals surface area contributed by atoms with Gasteiger partial charge in [0.25, 0.3) is 0 Å². The summed E-state index contributed by atoms with van der Waals surface area (Å²) in [6, 6.07) is 17.3. The van der Waals surface area contributed by atoms with E-state index >= 15 is 0 Å². The Hall–Kier alpha value is -2.49. The van der Waals surface area contributed by atoms with E-state index in [4.69, 9.17) is 10.5 Å². The minimum atomic E-state index is 0.0444. The third kappa shape index (κ3) is 5.48. The summed E-state index contributed by atoms with van der Waals surface area (Å²) in [5.41, 5.74) is 7.61. The van der Waals surface area contributed by atoms with Gasteiger partial charge in [0.05, 0.1) is 6.61 Å². The molecule has 0 heterocycles. The molecule has 0 saturated carbocycles. The first-order valence-corrected chi connectivity index (χ1v) is 7.53. The molecule has 22 heavy (non-hydrogen) atoms. The van der Waals surface area contributed by atoms with Crippen molar-refractivity contribution in [1.82, 2.24) is 5.32 Å². The number of nitrogen functional groups attached to an aromatic ring is 1. The second-order valence-electron chi connectivity index (χ2n) is 5.06. The number of hydrogen-bond donors (Lipinski definition) is 2. The van der Waals surface area contributed by atoms with E-state index in [9.17, 15) is 4.79 Å². The molecule has 1 amide bonds. The molecule has 0 unspecified atom stereocenters. The van der Waals surface area contributed by atoms with E-state index in [1.54, 1.807) is 0 Å². The number of hydrogen-bond acceptors (Lipinski definition) is 3. The first-order valence-electron chi connectivity index (χ1n) is 7.53. The Balaban J connectivity index is 1.57. The van der Waals surface area contributed by atoms with Gasteiger partial charge in [0.1, 0.15) is 5.75 Å². The van der Waals surface area contributed by atoms with Crippen LogP contribution in [0.15, 0.2) is 54.6 Å². The van der Waals surface area contributed by atoms with Gasteiger partial charge >= 0.3 is 0 Å². The van der Waals surface area contributed by atoms with Gasteiger partial charge in [-0.15, -0.1) is 0 Å². The first-order chi connectivity index (χ1) is 10.8. The van der Waals surface area contributed by atoms with Crippen LogP contribution in [0.3, 0.4) is 0 Å². The second-order valence-corrected chi connectivity index (χ2v) is 5.06. The normalized spacial score (nSPS) is 10.2. The van der Waals surface area contributed by atoms with Gasteiger partial charge < -0.3 is 15.8 Å². The molecule has 2 aromatic carbocycles. The molecule has 2 rings (SSSR count). The molecule has 0 bridgehead atoms. The lowest BCUT2D eigenvalue weighted by Crippen LogP contribution is -2.25. The fourth-order valence-electron chi connectivity index (χ4n) is 2.11. The number of amides is 1. The van der Waals surface area contributed by atoms with Gasteiger partial charge in [-0.05, 0) is 36.6 Å². The van der Waals surface area contributed by atoms with Crippen molar-refractivity contribution in [3.05, 3.63) is 60.2 Å². The minimum Gasteiger partial charge on any atom is -0.494 e. The number of rotatable bonds is 8. The van der Waals surface area contributed by atoms with Crippen molar-refractivity contribution < 1.29 is 9.53 Å². The Kier molecular flexibility index (Phi) is 6.30. The summed E-state index contributed by atoms with van der Waals surface area (Å²) in [4.78, 5) is 11.8. The maximum absolute atomic E-state index is 11.8. The van der Waals surface area contributed by atoms with Gasteiger partial charge in [0.15, 0.2) is 0 Å². The van der Waals surface area contributed by atoms with E-state index in [2.05, 4.69) is 5.32 Å². The SMILES string of the molecule is Nc1ccccc1CCC(=O)NCCCOc1ccccc1. The number of ether oxygens (including phenoxy) is 1. The Morgan fingerprint density at radius 1 is 1.05 bits per heavy atom. The van der Waals surface area contributed by atoms with Gasteiger partial charge in [-0.2, -0.15) is 0 Å². The number of nitrogens with one attached hydrogen (secondary N) is 1. The predicted molar refractivity (Wildman–Crippen MR) is 88.7 cm³/mol. The molecule has 0 saturated heterocycles. The molecular formula is C18H22N2O2. The molecule has 2 aromatic rings. The van der Waals surface area contributed by atoms with E-state index in [1.165, 1.54) is 0 Å². The van der Waals surface area contributed by atoms with Crippen molar-refractivity contribution in [1.29, 1.82) is 0 Å². The maximum Gasteiger partial charge on any atom is 0.220 e. The highest BCUT2D eigenvalue weighted by Crippen LogP contribution is 2.12. The summed E-state index contributed by atoms with van der Waals surface area (Å²) >= 11 is 0. The Labute approximate surface area is 131 Å². The number of carbonyl (C=O) groups excluding carboxylic acids is 1. The Morgan fingerprint density at radius 2 is 1.77 bits per heavy atom. The average Bonchev–Trinajstić information content (AvgIpc) is 2.55. The lowest BCUT2D eigenvalue weighted by molar-refractivity contribution is -0.121. The number of carbonyl (C=O) groups is 1. The zero-order valence-electron chi connectivity index (χ0n) is 12.6. The molecule has 0 aliphatic carbocycles. The fourth-order valence-corrected chi connectivity index (χ4v) is 2.11. The molecule has 0 spiro atoms. The molecule has 0 fully saturated rings. The Bertz CT molecular complexity index is 585. The van der Waals surface area contributed by atoms with Crippen LogP contribution in [0.5, 0.6) is 5.75 Å². The van der Waals surface area contributed by atoms with Crippen LogP contribution in [0, 0.1) is 0 Å². The van der Waals surface area contributed by atoms with Gasteiger partial charge in [0, 0.05) is 18.7 Å². The van der Waals surface area contributed by atoms with Crippen LogP contribution in [-0.2, 0) is 11.2 Å². The van der Waals surface area contributed by atoms with Gasteiger partial charge in [-0.25, -0.2) is 0 Å². The summed E-state index contributed by atoms with van der Waals surface area (Å²) in [6.45, 7) is 1.21. The monoisotopic (exact) mass is 298 g/mol. The molecule has 0 aliphatic heterocycles. The van der Waals surface area contributed by atoms with E-state index in [-0.39, 0.29) is 5.91 Å². The van der Waals surface area contributed by atoms with E-state index in [0.29, 0.717) is 26.0 Å². The summed E-state index contributed by atoms with van der Waals surface area (Å²) in [5.74, 6) is 0.899. The Morgan fingerprint density at radius 3 is 2.55 bits per heavy atom. The van der Waals surface area contributed by atoms with E-state index in [1.807, 2.05) is 54.6 Å². The fraction of sp³-hybridized carbons (Fsp3) is 0.278. The minimum absolute atomic E-state index is 0.0444. The molecule has 0 aromatic heterocycles. The first kappa shape index (κ1) is 15.9. The molecule has 0 atom stereocenters. The van der Waals surface area contributed by atoms with E-state index in [0.717, 1.165) is 23.4 Å². The molecule has 3 N–H and O–H groups in total. The molecule has 0 radical (unpaired) electrons. The van der Waals surface area contributed by atoms with Crippen molar-refractivity contribution in [2.45, 2.75) is 19.3 Å². The molecule has 4 heteroatoms. The summed E-state index contributed by atoms with van der Waals surface area (Å²) in [6.07, 6.45) is 1.90. The quantitative estimate of drug-likeness (QED) is 0.582. The number of anilines is 1. The summed E-state index contributed by atoms with van der Waals surface area (Å²) in [7, 11) is 0. The van der Waals surface area contributed by atoms with E-state index < -0.39 is 0 Å². The summed E-state index contributed by atoms with van der Waals surface area (Å²) < 4.78 is 5.56. The predicted octanol–water partition coefficient (Wildman–Crippen LogP) is 2.79. The lowest BCUT2D eigenvalue weighted by atomic mass is 10.1. The third-order valence-electron chi connectivity index (χ3n) is 3.33. The number of nitrogens with two attached hydrogens (primary N) is 1.